The number of Topliss-reactive ketones (excluding diaryl/α,β-unsaturated/α-hetero) is 1. The SMILES string of the molecule is Cc1cnc(N)c(C(=O)C2Cc3ccccc3C2)c1. The summed E-state index contributed by atoms with van der Waals surface area (Å²) in [4.78, 5) is 16.6. The van der Waals surface area contributed by atoms with Crippen LogP contribution in [0, 0.1) is 12.8 Å². The van der Waals surface area contributed by atoms with Gasteiger partial charge < -0.3 is 5.73 Å². The number of carbonyl (C=O) groups excluding carboxylic acids is 1. The van der Waals surface area contributed by atoms with Gasteiger partial charge in [-0.15, -0.1) is 0 Å². The third-order valence-corrected chi connectivity index (χ3v) is 3.74. The molecule has 0 unspecified atom stereocenters. The molecule has 0 fully saturated rings. The molecular weight excluding hydrogens is 236 g/mol. The van der Waals surface area contributed by atoms with Crippen LogP contribution in [0.3, 0.4) is 0 Å². The first-order chi connectivity index (χ1) is 9.15. The molecule has 0 aliphatic heterocycles. The van der Waals surface area contributed by atoms with Gasteiger partial charge in [-0.2, -0.15) is 0 Å². The van der Waals surface area contributed by atoms with Crippen LogP contribution >= 0.6 is 0 Å². The fourth-order valence-electron chi connectivity index (χ4n) is 2.74. The second kappa shape index (κ2) is 4.50. The summed E-state index contributed by atoms with van der Waals surface area (Å²) in [5, 5.41) is 0. The van der Waals surface area contributed by atoms with Gasteiger partial charge in [0.2, 0.25) is 0 Å². The number of nitrogens with zero attached hydrogens (tertiary/aromatic N) is 1. The van der Waals surface area contributed by atoms with Crippen molar-refractivity contribution in [3.63, 3.8) is 0 Å². The second-order valence-corrected chi connectivity index (χ2v) is 5.18. The zero-order chi connectivity index (χ0) is 13.4. The Morgan fingerprint density at radius 3 is 2.53 bits per heavy atom. The molecule has 1 aromatic heterocycles. The van der Waals surface area contributed by atoms with Crippen LogP contribution in [0.2, 0.25) is 0 Å². The van der Waals surface area contributed by atoms with Gasteiger partial charge in [-0.3, -0.25) is 4.79 Å². The van der Waals surface area contributed by atoms with E-state index in [4.69, 9.17) is 5.73 Å². The molecule has 1 heterocycles. The van der Waals surface area contributed by atoms with Crippen molar-refractivity contribution in [2.75, 3.05) is 5.73 Å². The Bertz CT molecular complexity index is 624. The minimum Gasteiger partial charge on any atom is -0.383 e. The molecule has 0 saturated heterocycles. The molecule has 3 rings (SSSR count). The number of nitrogen functional groups attached to an aromatic ring is 1. The fraction of sp³-hybridized carbons (Fsp3) is 0.250. The summed E-state index contributed by atoms with van der Waals surface area (Å²) in [6.45, 7) is 1.92. The molecule has 19 heavy (non-hydrogen) atoms. The van der Waals surface area contributed by atoms with Gasteiger partial charge in [-0.05, 0) is 42.5 Å². The van der Waals surface area contributed by atoms with E-state index >= 15 is 0 Å². The monoisotopic (exact) mass is 252 g/mol. The van der Waals surface area contributed by atoms with Crippen LogP contribution in [0.5, 0.6) is 0 Å². The van der Waals surface area contributed by atoms with Crippen LogP contribution in [0.15, 0.2) is 36.5 Å². The number of benzene rings is 1. The van der Waals surface area contributed by atoms with Crippen LogP contribution in [0.1, 0.15) is 27.0 Å². The van der Waals surface area contributed by atoms with Crippen molar-refractivity contribution in [2.24, 2.45) is 5.92 Å². The first-order valence-electron chi connectivity index (χ1n) is 6.48. The summed E-state index contributed by atoms with van der Waals surface area (Å²) in [6, 6.07) is 10.1. The van der Waals surface area contributed by atoms with Crippen molar-refractivity contribution in [1.29, 1.82) is 0 Å². The van der Waals surface area contributed by atoms with Crippen molar-refractivity contribution < 1.29 is 4.79 Å². The van der Waals surface area contributed by atoms with E-state index in [1.807, 2.05) is 25.1 Å². The smallest absolute Gasteiger partial charge is 0.170 e. The van der Waals surface area contributed by atoms with Gasteiger partial charge >= 0.3 is 0 Å². The van der Waals surface area contributed by atoms with Crippen molar-refractivity contribution in [1.82, 2.24) is 4.98 Å². The van der Waals surface area contributed by atoms with Crippen LogP contribution in [-0.4, -0.2) is 10.8 Å². The highest BCUT2D eigenvalue weighted by Crippen LogP contribution is 2.30. The number of pyridine rings is 1. The maximum absolute atomic E-state index is 12.6. The molecule has 1 aromatic carbocycles. The second-order valence-electron chi connectivity index (χ2n) is 5.18. The predicted molar refractivity (Wildman–Crippen MR) is 75.1 cm³/mol. The highest BCUT2D eigenvalue weighted by Gasteiger charge is 2.29. The number of aryl methyl sites for hydroxylation is 1. The first kappa shape index (κ1) is 11.9. The molecule has 1 aliphatic rings. The molecule has 3 heteroatoms. The third kappa shape index (κ3) is 2.12. The van der Waals surface area contributed by atoms with Crippen molar-refractivity contribution in [3.05, 3.63) is 58.8 Å². The molecular formula is C16H16N2O. The number of carbonyl (C=O) groups is 1. The topological polar surface area (TPSA) is 56.0 Å². The summed E-state index contributed by atoms with van der Waals surface area (Å²) >= 11 is 0. The molecule has 1 aliphatic carbocycles. The minimum absolute atomic E-state index is 0.00306. The molecule has 0 amide bonds. The lowest BCUT2D eigenvalue weighted by Gasteiger charge is -2.10. The molecule has 96 valence electrons. The molecule has 3 nitrogen and oxygen atoms in total. The first-order valence-corrected chi connectivity index (χ1v) is 6.48. The van der Waals surface area contributed by atoms with Gasteiger partial charge in [0.15, 0.2) is 5.78 Å². The van der Waals surface area contributed by atoms with E-state index in [1.165, 1.54) is 11.1 Å². The Labute approximate surface area is 112 Å². The molecule has 0 spiro atoms. The third-order valence-electron chi connectivity index (χ3n) is 3.74. The number of hydrogen-bond donors (Lipinski definition) is 1. The van der Waals surface area contributed by atoms with E-state index in [0.29, 0.717) is 11.4 Å². The van der Waals surface area contributed by atoms with E-state index in [2.05, 4.69) is 17.1 Å². The maximum atomic E-state index is 12.6. The van der Waals surface area contributed by atoms with Crippen LogP contribution in [-0.2, 0) is 12.8 Å². The Morgan fingerprint density at radius 1 is 1.26 bits per heavy atom. The zero-order valence-corrected chi connectivity index (χ0v) is 10.9. The van der Waals surface area contributed by atoms with Gasteiger partial charge in [-0.25, -0.2) is 4.98 Å². The number of rotatable bonds is 2. The molecule has 0 atom stereocenters. The number of hydrogen-bond acceptors (Lipinski definition) is 3. The van der Waals surface area contributed by atoms with E-state index in [-0.39, 0.29) is 11.7 Å². The maximum Gasteiger partial charge on any atom is 0.170 e. The Morgan fingerprint density at radius 2 is 1.89 bits per heavy atom. The summed E-state index contributed by atoms with van der Waals surface area (Å²) in [6.07, 6.45) is 3.31. The zero-order valence-electron chi connectivity index (χ0n) is 10.9. The number of nitrogens with two attached hydrogens (primary N) is 1. The number of fused-ring (bicyclic) bond motifs is 1. The van der Waals surface area contributed by atoms with E-state index in [1.54, 1.807) is 6.20 Å². The highest BCUT2D eigenvalue weighted by molar-refractivity contribution is 6.02. The summed E-state index contributed by atoms with van der Waals surface area (Å²) < 4.78 is 0. The summed E-state index contributed by atoms with van der Waals surface area (Å²) in [7, 11) is 0. The quantitative estimate of drug-likeness (QED) is 0.836. The molecule has 0 radical (unpaired) electrons. The number of anilines is 1. The van der Waals surface area contributed by atoms with Crippen LogP contribution in [0.4, 0.5) is 5.82 Å². The average Bonchev–Trinajstić information content (AvgIpc) is 2.84. The molecule has 0 saturated carbocycles. The average molecular weight is 252 g/mol. The van der Waals surface area contributed by atoms with Gasteiger partial charge in [0, 0.05) is 12.1 Å². The largest absolute Gasteiger partial charge is 0.383 e. The Hall–Kier alpha value is -2.16. The lowest BCUT2D eigenvalue weighted by molar-refractivity contribution is 0.0925. The summed E-state index contributed by atoms with van der Waals surface area (Å²) in [5.41, 5.74) is 9.92. The Kier molecular flexibility index (Phi) is 2.82. The number of ketones is 1. The van der Waals surface area contributed by atoms with Gasteiger partial charge in [-0.1, -0.05) is 24.3 Å². The van der Waals surface area contributed by atoms with Crippen LogP contribution in [0.25, 0.3) is 0 Å². The normalized spacial score (nSPS) is 14.4. The lowest BCUT2D eigenvalue weighted by atomic mass is 9.95. The fourth-order valence-corrected chi connectivity index (χ4v) is 2.74. The number of aromatic nitrogens is 1. The predicted octanol–water partition coefficient (Wildman–Crippen LogP) is 2.57. The lowest BCUT2D eigenvalue weighted by Crippen LogP contribution is -2.17. The van der Waals surface area contributed by atoms with Crippen molar-refractivity contribution in [3.8, 4) is 0 Å². The van der Waals surface area contributed by atoms with Gasteiger partial charge in [0.25, 0.3) is 0 Å². The van der Waals surface area contributed by atoms with E-state index < -0.39 is 0 Å². The van der Waals surface area contributed by atoms with Crippen molar-refractivity contribution >= 4 is 11.6 Å². The highest BCUT2D eigenvalue weighted by atomic mass is 16.1. The summed E-state index contributed by atoms with van der Waals surface area (Å²) in [5.74, 6) is 0.458. The minimum atomic E-state index is 0.00306. The molecule has 2 N–H and O–H groups in total. The van der Waals surface area contributed by atoms with Gasteiger partial charge in [0.1, 0.15) is 5.82 Å². The van der Waals surface area contributed by atoms with E-state index in [9.17, 15) is 4.79 Å². The van der Waals surface area contributed by atoms with Gasteiger partial charge in [0.05, 0.1) is 5.56 Å². The van der Waals surface area contributed by atoms with Crippen LogP contribution < -0.4 is 5.73 Å². The molecule has 2 aromatic rings. The Balaban J connectivity index is 1.89. The van der Waals surface area contributed by atoms with E-state index in [0.717, 1.165) is 18.4 Å². The van der Waals surface area contributed by atoms with Crippen molar-refractivity contribution in [2.45, 2.75) is 19.8 Å². The molecule has 0 bridgehead atoms. The standard InChI is InChI=1S/C16H16N2O/c1-10-6-14(16(17)18-9-10)15(19)13-7-11-4-2-3-5-12(11)8-13/h2-6,9,13H,7-8H2,1H3,(H2,17,18).